The first-order valence-electron chi connectivity index (χ1n) is 8.38. The zero-order valence-corrected chi connectivity index (χ0v) is 14.9. The number of nitrogens with zero attached hydrogens (tertiary/aromatic N) is 3. The van der Waals surface area contributed by atoms with Gasteiger partial charge in [-0.3, -0.25) is 9.59 Å². The van der Waals surface area contributed by atoms with Crippen LogP contribution in [0.4, 0.5) is 5.69 Å². The number of anilines is 1. The van der Waals surface area contributed by atoms with Gasteiger partial charge in [0.05, 0.1) is 18.1 Å². The molecule has 1 atom stereocenters. The number of carbonyl (C=O) groups excluding carboxylic acids is 2. The third-order valence-corrected chi connectivity index (χ3v) is 4.15. The van der Waals surface area contributed by atoms with E-state index in [2.05, 4.69) is 20.4 Å². The second kappa shape index (κ2) is 7.77. The molecule has 0 aliphatic carbocycles. The normalized spacial score (nSPS) is 11.8. The number of benzene rings is 2. The molecular formula is C19H18N4O4. The summed E-state index contributed by atoms with van der Waals surface area (Å²) < 4.78 is 5.74. The van der Waals surface area contributed by atoms with Gasteiger partial charge in [-0.2, -0.15) is 4.68 Å². The van der Waals surface area contributed by atoms with Gasteiger partial charge in [0.1, 0.15) is 11.6 Å². The molecule has 3 aromatic rings. The lowest BCUT2D eigenvalue weighted by Gasteiger charge is -2.16. The number of esters is 1. The summed E-state index contributed by atoms with van der Waals surface area (Å²) in [6.45, 7) is 1.79. The van der Waals surface area contributed by atoms with Crippen molar-refractivity contribution in [2.45, 2.75) is 19.4 Å². The van der Waals surface area contributed by atoms with E-state index in [4.69, 9.17) is 0 Å². The van der Waals surface area contributed by atoms with Gasteiger partial charge >= 0.3 is 5.97 Å². The van der Waals surface area contributed by atoms with Gasteiger partial charge in [0.15, 0.2) is 0 Å². The van der Waals surface area contributed by atoms with Crippen molar-refractivity contribution < 1.29 is 14.3 Å². The number of aromatic nitrogens is 3. The molecule has 0 fully saturated rings. The third-order valence-electron chi connectivity index (χ3n) is 4.15. The van der Waals surface area contributed by atoms with E-state index in [-0.39, 0.29) is 5.56 Å². The molecule has 1 heterocycles. The van der Waals surface area contributed by atoms with Gasteiger partial charge in [0.2, 0.25) is 5.91 Å². The number of hydrogen-bond acceptors (Lipinski definition) is 6. The maximum absolute atomic E-state index is 12.7. The molecule has 0 spiro atoms. The average Bonchev–Trinajstić information content (AvgIpc) is 2.70. The Balaban J connectivity index is 1.85. The van der Waals surface area contributed by atoms with Crippen molar-refractivity contribution in [1.82, 2.24) is 15.0 Å². The molecule has 8 heteroatoms. The monoisotopic (exact) mass is 366 g/mol. The maximum atomic E-state index is 12.7. The minimum absolute atomic E-state index is 0.360. The van der Waals surface area contributed by atoms with E-state index in [9.17, 15) is 14.4 Å². The van der Waals surface area contributed by atoms with Crippen LogP contribution < -0.4 is 10.9 Å². The van der Waals surface area contributed by atoms with Crippen molar-refractivity contribution >= 4 is 28.5 Å². The summed E-state index contributed by atoms with van der Waals surface area (Å²) in [7, 11) is 1.30. The van der Waals surface area contributed by atoms with E-state index < -0.39 is 17.9 Å². The Bertz CT molecular complexity index is 1040. The minimum Gasteiger partial charge on any atom is -0.465 e. The minimum atomic E-state index is -0.810. The van der Waals surface area contributed by atoms with E-state index in [0.717, 1.165) is 4.68 Å². The number of ether oxygens (including phenoxy) is 1. The Morgan fingerprint density at radius 2 is 1.85 bits per heavy atom. The number of nitrogens with one attached hydrogen (secondary N) is 1. The molecule has 2 aromatic carbocycles. The summed E-state index contributed by atoms with van der Waals surface area (Å²) >= 11 is 0. The molecule has 1 aromatic heterocycles. The predicted octanol–water partition coefficient (Wildman–Crippen LogP) is 2.17. The number of methoxy groups -OCH3 is 1. The summed E-state index contributed by atoms with van der Waals surface area (Å²) in [5, 5.41) is 11.1. The maximum Gasteiger partial charge on any atom is 0.337 e. The van der Waals surface area contributed by atoms with Crippen LogP contribution in [0.3, 0.4) is 0 Å². The van der Waals surface area contributed by atoms with Crippen LogP contribution in [0, 0.1) is 0 Å². The van der Waals surface area contributed by atoms with Crippen molar-refractivity contribution in [1.29, 1.82) is 0 Å². The Morgan fingerprint density at radius 1 is 1.15 bits per heavy atom. The van der Waals surface area contributed by atoms with Crippen LogP contribution in [0.25, 0.3) is 10.9 Å². The number of carbonyl (C=O) groups is 2. The first kappa shape index (κ1) is 18.2. The van der Waals surface area contributed by atoms with E-state index in [0.29, 0.717) is 28.6 Å². The van der Waals surface area contributed by atoms with Gasteiger partial charge in [0.25, 0.3) is 5.56 Å². The van der Waals surface area contributed by atoms with Crippen molar-refractivity contribution in [3.8, 4) is 0 Å². The Kier molecular flexibility index (Phi) is 5.25. The Labute approximate surface area is 154 Å². The van der Waals surface area contributed by atoms with Crippen LogP contribution in [-0.2, 0) is 9.53 Å². The van der Waals surface area contributed by atoms with Crippen LogP contribution >= 0.6 is 0 Å². The topological polar surface area (TPSA) is 103 Å². The molecule has 0 aliphatic heterocycles. The van der Waals surface area contributed by atoms with Crippen LogP contribution in [0.2, 0.25) is 0 Å². The second-order valence-electron chi connectivity index (χ2n) is 5.84. The highest BCUT2D eigenvalue weighted by atomic mass is 16.5. The largest absolute Gasteiger partial charge is 0.465 e. The molecule has 0 saturated heterocycles. The first-order chi connectivity index (χ1) is 13.0. The first-order valence-corrected chi connectivity index (χ1v) is 8.38. The SMILES string of the molecule is CCC(C(=O)Nc1ccc(C(=O)OC)cc1)n1nnc2ccccc2c1=O. The smallest absolute Gasteiger partial charge is 0.337 e. The lowest BCUT2D eigenvalue weighted by atomic mass is 10.1. The quantitative estimate of drug-likeness (QED) is 0.694. The van der Waals surface area contributed by atoms with Crippen LogP contribution in [0.15, 0.2) is 53.3 Å². The highest BCUT2D eigenvalue weighted by Crippen LogP contribution is 2.15. The van der Waals surface area contributed by atoms with Crippen LogP contribution in [0.1, 0.15) is 29.7 Å². The molecule has 8 nitrogen and oxygen atoms in total. The Morgan fingerprint density at radius 3 is 2.52 bits per heavy atom. The summed E-state index contributed by atoms with van der Waals surface area (Å²) in [5.74, 6) is -0.854. The summed E-state index contributed by atoms with van der Waals surface area (Å²) in [6, 6.07) is 12.3. The van der Waals surface area contributed by atoms with Crippen LogP contribution in [0.5, 0.6) is 0 Å². The van der Waals surface area contributed by atoms with Gasteiger partial charge in [0, 0.05) is 5.69 Å². The highest BCUT2D eigenvalue weighted by Gasteiger charge is 2.22. The fraction of sp³-hybridized carbons (Fsp3) is 0.211. The second-order valence-corrected chi connectivity index (χ2v) is 5.84. The molecule has 3 rings (SSSR count). The number of rotatable bonds is 5. The molecular weight excluding hydrogens is 348 g/mol. The van der Waals surface area contributed by atoms with Gasteiger partial charge < -0.3 is 10.1 Å². The van der Waals surface area contributed by atoms with Crippen molar-refractivity contribution in [3.05, 3.63) is 64.4 Å². The van der Waals surface area contributed by atoms with Gasteiger partial charge in [-0.1, -0.05) is 24.3 Å². The van der Waals surface area contributed by atoms with Crippen LogP contribution in [-0.4, -0.2) is 34.0 Å². The lowest BCUT2D eigenvalue weighted by molar-refractivity contribution is -0.119. The molecule has 1 N–H and O–H groups in total. The van der Waals surface area contributed by atoms with Gasteiger partial charge in [-0.05, 0) is 42.8 Å². The van der Waals surface area contributed by atoms with E-state index in [1.165, 1.54) is 7.11 Å². The lowest BCUT2D eigenvalue weighted by Crippen LogP contribution is -2.35. The molecule has 0 bridgehead atoms. The van der Waals surface area contributed by atoms with Crippen molar-refractivity contribution in [2.75, 3.05) is 12.4 Å². The van der Waals surface area contributed by atoms with E-state index >= 15 is 0 Å². The average molecular weight is 366 g/mol. The standard InChI is InChI=1S/C19H18N4O4/c1-3-16(23-18(25)14-6-4-5-7-15(14)21-22-23)17(24)20-13-10-8-12(9-11-13)19(26)27-2/h4-11,16H,3H2,1-2H3,(H,20,24). The Hall–Kier alpha value is -3.55. The van der Waals surface area contributed by atoms with E-state index in [1.54, 1.807) is 55.5 Å². The number of fused-ring (bicyclic) bond motifs is 1. The predicted molar refractivity (Wildman–Crippen MR) is 99.5 cm³/mol. The van der Waals surface area contributed by atoms with Gasteiger partial charge in [-0.15, -0.1) is 5.10 Å². The molecule has 0 aliphatic rings. The zero-order valence-electron chi connectivity index (χ0n) is 14.9. The fourth-order valence-electron chi connectivity index (χ4n) is 2.71. The molecule has 1 unspecified atom stereocenters. The third kappa shape index (κ3) is 3.69. The fourth-order valence-corrected chi connectivity index (χ4v) is 2.71. The van der Waals surface area contributed by atoms with Crippen molar-refractivity contribution in [2.24, 2.45) is 0 Å². The number of amides is 1. The zero-order chi connectivity index (χ0) is 19.4. The molecule has 0 saturated carbocycles. The van der Waals surface area contributed by atoms with E-state index in [1.807, 2.05) is 0 Å². The number of hydrogen-bond donors (Lipinski definition) is 1. The highest BCUT2D eigenvalue weighted by molar-refractivity contribution is 5.95. The van der Waals surface area contributed by atoms with Gasteiger partial charge in [-0.25, -0.2) is 4.79 Å². The molecule has 27 heavy (non-hydrogen) atoms. The molecule has 138 valence electrons. The molecule has 0 radical (unpaired) electrons. The summed E-state index contributed by atoms with van der Waals surface area (Å²) in [6.07, 6.45) is 0.360. The molecule has 1 amide bonds. The summed E-state index contributed by atoms with van der Waals surface area (Å²) in [4.78, 5) is 36.8. The summed E-state index contributed by atoms with van der Waals surface area (Å²) in [5.41, 5.74) is 0.975. The van der Waals surface area contributed by atoms with Crippen molar-refractivity contribution in [3.63, 3.8) is 0 Å².